The summed E-state index contributed by atoms with van der Waals surface area (Å²) < 4.78 is 22.7. The van der Waals surface area contributed by atoms with Gasteiger partial charge in [0, 0.05) is 11.8 Å². The second-order valence-electron chi connectivity index (χ2n) is 7.41. The van der Waals surface area contributed by atoms with Gasteiger partial charge in [-0.25, -0.2) is 9.97 Å². The van der Waals surface area contributed by atoms with Gasteiger partial charge in [0.25, 0.3) is 0 Å². The van der Waals surface area contributed by atoms with Gasteiger partial charge in [0.15, 0.2) is 0 Å². The molecule has 0 spiro atoms. The van der Waals surface area contributed by atoms with Gasteiger partial charge in [-0.2, -0.15) is 0 Å². The molecule has 2 saturated heterocycles. The Hall–Kier alpha value is -2.94. The number of nitrogens with one attached hydrogen (secondary N) is 2. The van der Waals surface area contributed by atoms with Gasteiger partial charge in [-0.1, -0.05) is 0 Å². The summed E-state index contributed by atoms with van der Waals surface area (Å²) in [5.74, 6) is 2.27. The third kappa shape index (κ3) is 3.89. The maximum absolute atomic E-state index is 6.03. The van der Waals surface area contributed by atoms with Crippen molar-refractivity contribution in [2.75, 3.05) is 25.6 Å². The molecule has 0 saturated carbocycles. The van der Waals surface area contributed by atoms with Gasteiger partial charge in [-0.15, -0.1) is 0 Å². The van der Waals surface area contributed by atoms with Crippen molar-refractivity contribution in [1.82, 2.24) is 15.3 Å². The van der Waals surface area contributed by atoms with Crippen LogP contribution in [0.2, 0.25) is 0 Å². The molecule has 3 aromatic rings. The van der Waals surface area contributed by atoms with Gasteiger partial charge in [0.1, 0.15) is 23.7 Å². The van der Waals surface area contributed by atoms with E-state index in [9.17, 15) is 0 Å². The number of furan rings is 1. The van der Waals surface area contributed by atoms with Crippen LogP contribution in [-0.4, -0.2) is 54.6 Å². The maximum Gasteiger partial charge on any atom is 0.223 e. The molecule has 0 unspecified atom stereocenters. The summed E-state index contributed by atoms with van der Waals surface area (Å²) in [6.45, 7) is 1.80. The highest BCUT2D eigenvalue weighted by molar-refractivity contribution is 5.61. The number of methoxy groups -OCH3 is 1. The quantitative estimate of drug-likeness (QED) is 0.616. The molecule has 30 heavy (non-hydrogen) atoms. The molecular weight excluding hydrogens is 384 g/mol. The third-order valence-electron chi connectivity index (χ3n) is 5.53. The van der Waals surface area contributed by atoms with E-state index in [1.807, 2.05) is 42.5 Å². The molecule has 156 valence electrons. The van der Waals surface area contributed by atoms with Crippen LogP contribution in [-0.2, 0) is 16.0 Å². The van der Waals surface area contributed by atoms with E-state index in [0.717, 1.165) is 22.8 Å². The molecule has 2 aliphatic rings. The highest BCUT2D eigenvalue weighted by atomic mass is 16.6. The summed E-state index contributed by atoms with van der Waals surface area (Å²) in [5.41, 5.74) is 1.84. The third-order valence-corrected chi connectivity index (χ3v) is 5.53. The number of ether oxygens (including phenoxy) is 3. The second kappa shape index (κ2) is 8.43. The zero-order valence-electron chi connectivity index (χ0n) is 16.7. The van der Waals surface area contributed by atoms with Crippen LogP contribution in [0.1, 0.15) is 5.76 Å². The van der Waals surface area contributed by atoms with Gasteiger partial charge < -0.3 is 29.3 Å². The minimum Gasteiger partial charge on any atom is -0.497 e. The fraction of sp³-hybridized carbons (Fsp3) is 0.364. The number of aromatic nitrogens is 2. The molecule has 8 nitrogen and oxygen atoms in total. The number of hydrogen-bond acceptors (Lipinski definition) is 8. The number of fused-ring (bicyclic) bond motifs is 1. The molecule has 4 heterocycles. The standard InChI is InChI=1S/C22H24N4O4/c1-27-15-6-4-14(5-7-15)17-8-9-23-22(25-17)26-19-13-30-20-18(12-29-21(19)20)24-11-16-3-2-10-28-16/h2-10,18-21,24H,11-13H2,1H3,(H,23,25,26)/t18-,19+,20-,21+/m0/s1. The molecule has 0 radical (unpaired) electrons. The normalized spacial score (nSPS) is 25.2. The predicted octanol–water partition coefficient (Wildman–Crippen LogP) is 2.48. The molecule has 0 bridgehead atoms. The Labute approximate surface area is 174 Å². The molecule has 2 N–H and O–H groups in total. The van der Waals surface area contributed by atoms with Crippen molar-refractivity contribution in [3.05, 3.63) is 60.7 Å². The van der Waals surface area contributed by atoms with Gasteiger partial charge in [0.2, 0.25) is 5.95 Å². The first-order valence-electron chi connectivity index (χ1n) is 10.0. The number of benzene rings is 1. The molecule has 8 heteroatoms. The van der Waals surface area contributed by atoms with Crippen molar-refractivity contribution in [2.45, 2.75) is 30.8 Å². The average molecular weight is 408 g/mol. The first kappa shape index (κ1) is 19.0. The van der Waals surface area contributed by atoms with E-state index in [2.05, 4.69) is 20.6 Å². The fourth-order valence-corrected chi connectivity index (χ4v) is 3.96. The Kier molecular flexibility index (Phi) is 5.35. The van der Waals surface area contributed by atoms with Crippen molar-refractivity contribution in [2.24, 2.45) is 0 Å². The van der Waals surface area contributed by atoms with E-state index in [1.165, 1.54) is 0 Å². The number of nitrogens with zero attached hydrogens (tertiary/aromatic N) is 2. The summed E-state index contributed by atoms with van der Waals surface area (Å²) in [5, 5.41) is 6.86. The van der Waals surface area contributed by atoms with Crippen molar-refractivity contribution in [3.8, 4) is 17.0 Å². The number of anilines is 1. The van der Waals surface area contributed by atoms with Crippen LogP contribution in [0.5, 0.6) is 5.75 Å². The van der Waals surface area contributed by atoms with Crippen LogP contribution >= 0.6 is 0 Å². The van der Waals surface area contributed by atoms with Crippen LogP contribution in [0.4, 0.5) is 5.95 Å². The van der Waals surface area contributed by atoms with E-state index in [1.54, 1.807) is 19.6 Å². The molecule has 4 atom stereocenters. The molecule has 2 aromatic heterocycles. The average Bonchev–Trinajstić information content (AvgIpc) is 3.52. The first-order valence-corrected chi connectivity index (χ1v) is 10.0. The fourth-order valence-electron chi connectivity index (χ4n) is 3.96. The minimum absolute atomic E-state index is 0.00321. The molecule has 1 aromatic carbocycles. The summed E-state index contributed by atoms with van der Waals surface area (Å²) in [6, 6.07) is 13.6. The van der Waals surface area contributed by atoms with Crippen molar-refractivity contribution >= 4 is 5.95 Å². The van der Waals surface area contributed by atoms with Gasteiger partial charge in [-0.05, 0) is 42.5 Å². The lowest BCUT2D eigenvalue weighted by Crippen LogP contribution is -2.41. The smallest absolute Gasteiger partial charge is 0.223 e. The minimum atomic E-state index is -0.0488. The molecule has 5 rings (SSSR count). The van der Waals surface area contributed by atoms with Crippen LogP contribution < -0.4 is 15.4 Å². The Morgan fingerprint density at radius 3 is 2.60 bits per heavy atom. The van der Waals surface area contributed by atoms with E-state index in [4.69, 9.17) is 18.6 Å². The van der Waals surface area contributed by atoms with E-state index in [0.29, 0.717) is 25.7 Å². The van der Waals surface area contributed by atoms with Crippen LogP contribution in [0.3, 0.4) is 0 Å². The van der Waals surface area contributed by atoms with Crippen LogP contribution in [0.25, 0.3) is 11.3 Å². The maximum atomic E-state index is 6.03. The Balaban J connectivity index is 1.22. The highest BCUT2D eigenvalue weighted by Crippen LogP contribution is 2.29. The molecular formula is C22H24N4O4. The van der Waals surface area contributed by atoms with Gasteiger partial charge in [-0.3, -0.25) is 0 Å². The summed E-state index contributed by atoms with van der Waals surface area (Å²) >= 11 is 0. The zero-order valence-corrected chi connectivity index (χ0v) is 16.7. The van der Waals surface area contributed by atoms with Gasteiger partial charge >= 0.3 is 0 Å². The SMILES string of the molecule is COc1ccc(-c2ccnc(N[C@@H]3CO[C@@H]4[C@@H]3OC[C@@H]4NCc3ccco3)n2)cc1. The lowest BCUT2D eigenvalue weighted by molar-refractivity contribution is 0.0673. The zero-order chi connectivity index (χ0) is 20.3. The van der Waals surface area contributed by atoms with E-state index < -0.39 is 0 Å². The Bertz CT molecular complexity index is 964. The second-order valence-corrected chi connectivity index (χ2v) is 7.41. The van der Waals surface area contributed by atoms with Crippen molar-refractivity contribution in [1.29, 1.82) is 0 Å². The molecule has 2 fully saturated rings. The van der Waals surface area contributed by atoms with Crippen LogP contribution in [0, 0.1) is 0 Å². The lowest BCUT2D eigenvalue weighted by Gasteiger charge is -2.18. The monoisotopic (exact) mass is 408 g/mol. The van der Waals surface area contributed by atoms with Gasteiger partial charge in [0.05, 0.1) is 50.9 Å². The Morgan fingerprint density at radius 1 is 1.03 bits per heavy atom. The highest BCUT2D eigenvalue weighted by Gasteiger charge is 2.47. The largest absolute Gasteiger partial charge is 0.497 e. The number of rotatable bonds is 7. The summed E-state index contributed by atoms with van der Waals surface area (Å²) in [7, 11) is 1.65. The van der Waals surface area contributed by atoms with Crippen molar-refractivity contribution < 1.29 is 18.6 Å². The molecule has 2 aliphatic heterocycles. The van der Waals surface area contributed by atoms with Crippen LogP contribution in [0.15, 0.2) is 59.3 Å². The summed E-state index contributed by atoms with van der Waals surface area (Å²) in [6.07, 6.45) is 3.37. The van der Waals surface area contributed by atoms with E-state index in [-0.39, 0.29) is 24.3 Å². The molecule has 0 aliphatic carbocycles. The van der Waals surface area contributed by atoms with Crippen molar-refractivity contribution in [3.63, 3.8) is 0 Å². The molecule has 0 amide bonds. The predicted molar refractivity (Wildman–Crippen MR) is 110 cm³/mol. The van der Waals surface area contributed by atoms with E-state index >= 15 is 0 Å². The number of hydrogen-bond donors (Lipinski definition) is 2. The first-order chi connectivity index (χ1) is 14.8. The lowest BCUT2D eigenvalue weighted by atomic mass is 10.1. The summed E-state index contributed by atoms with van der Waals surface area (Å²) in [4.78, 5) is 9.04. The Morgan fingerprint density at radius 2 is 1.83 bits per heavy atom. The topological polar surface area (TPSA) is 90.7 Å².